The summed E-state index contributed by atoms with van der Waals surface area (Å²) in [7, 11) is 1.74. The lowest BCUT2D eigenvalue weighted by Crippen LogP contribution is -2.21. The van der Waals surface area contributed by atoms with Crippen LogP contribution in [0.3, 0.4) is 0 Å². The number of nitrogens with one attached hydrogen (secondary N) is 1. The number of hydrogen-bond donors (Lipinski definition) is 2. The Bertz CT molecular complexity index is 625. The molecule has 0 fully saturated rings. The zero-order chi connectivity index (χ0) is 14.7. The van der Waals surface area contributed by atoms with Gasteiger partial charge in [0.2, 0.25) is 0 Å². The molecule has 20 heavy (non-hydrogen) atoms. The normalized spacial score (nSPS) is 12.3. The molecule has 0 bridgehead atoms. The number of halogens is 1. The molecular weight excluding hydrogens is 322 g/mol. The van der Waals surface area contributed by atoms with Crippen molar-refractivity contribution < 1.29 is 9.90 Å². The summed E-state index contributed by atoms with van der Waals surface area (Å²) in [6, 6.07) is 8.06. The Morgan fingerprint density at radius 2 is 2.20 bits per heavy atom. The van der Waals surface area contributed by atoms with Crippen molar-refractivity contribution in [2.45, 2.75) is 19.5 Å². The Hall–Kier alpha value is -1.66. The zero-order valence-corrected chi connectivity index (χ0v) is 12.9. The van der Waals surface area contributed by atoms with Crippen molar-refractivity contribution in [2.75, 3.05) is 0 Å². The molecule has 2 aromatic rings. The van der Waals surface area contributed by atoms with E-state index in [0.717, 1.165) is 10.0 Å². The van der Waals surface area contributed by atoms with E-state index in [9.17, 15) is 4.79 Å². The number of benzene rings is 1. The Balaban J connectivity index is 2.11. The van der Waals surface area contributed by atoms with Crippen LogP contribution in [0.25, 0.3) is 0 Å². The first-order valence-electron chi connectivity index (χ1n) is 6.22. The summed E-state index contributed by atoms with van der Waals surface area (Å²) in [5.74, 6) is -0.955. The SMILES string of the molecule is C[C@H](NCc1c(C(=O)O)cnn1C)c1ccccc1Br. The van der Waals surface area contributed by atoms with Crippen LogP contribution in [0.2, 0.25) is 0 Å². The first-order valence-corrected chi connectivity index (χ1v) is 7.02. The van der Waals surface area contributed by atoms with Gasteiger partial charge in [-0.3, -0.25) is 4.68 Å². The van der Waals surface area contributed by atoms with Gasteiger partial charge < -0.3 is 10.4 Å². The molecule has 0 aliphatic heterocycles. The van der Waals surface area contributed by atoms with Crippen molar-refractivity contribution in [3.8, 4) is 0 Å². The third-order valence-electron chi connectivity index (χ3n) is 3.24. The summed E-state index contributed by atoms with van der Waals surface area (Å²) in [5.41, 5.74) is 2.03. The summed E-state index contributed by atoms with van der Waals surface area (Å²) in [5, 5.41) is 16.4. The van der Waals surface area contributed by atoms with E-state index in [1.807, 2.05) is 31.2 Å². The molecule has 0 radical (unpaired) electrons. The van der Waals surface area contributed by atoms with Gasteiger partial charge in [-0.15, -0.1) is 0 Å². The average molecular weight is 338 g/mol. The number of hydrogen-bond acceptors (Lipinski definition) is 3. The van der Waals surface area contributed by atoms with Crippen LogP contribution in [0, 0.1) is 0 Å². The van der Waals surface area contributed by atoms with Gasteiger partial charge in [0.05, 0.1) is 11.9 Å². The van der Waals surface area contributed by atoms with E-state index in [1.165, 1.54) is 6.20 Å². The Kier molecular flexibility index (Phi) is 4.57. The molecular formula is C14H16BrN3O2. The third-order valence-corrected chi connectivity index (χ3v) is 3.96. The maximum Gasteiger partial charge on any atom is 0.339 e. The molecule has 1 heterocycles. The van der Waals surface area contributed by atoms with Gasteiger partial charge in [0.1, 0.15) is 5.56 Å². The van der Waals surface area contributed by atoms with Crippen molar-refractivity contribution in [1.29, 1.82) is 0 Å². The highest BCUT2D eigenvalue weighted by molar-refractivity contribution is 9.10. The summed E-state index contributed by atoms with van der Waals surface area (Å²) in [4.78, 5) is 11.1. The minimum absolute atomic E-state index is 0.0992. The van der Waals surface area contributed by atoms with Gasteiger partial charge in [-0.1, -0.05) is 34.1 Å². The molecule has 0 saturated carbocycles. The smallest absolute Gasteiger partial charge is 0.339 e. The van der Waals surface area contributed by atoms with Crippen molar-refractivity contribution in [3.63, 3.8) is 0 Å². The first kappa shape index (κ1) is 14.7. The highest BCUT2D eigenvalue weighted by Gasteiger charge is 2.16. The molecule has 5 nitrogen and oxygen atoms in total. The van der Waals surface area contributed by atoms with Gasteiger partial charge in [-0.2, -0.15) is 5.10 Å². The number of aromatic nitrogens is 2. The minimum Gasteiger partial charge on any atom is -0.478 e. The van der Waals surface area contributed by atoms with Gasteiger partial charge in [0.15, 0.2) is 0 Å². The summed E-state index contributed by atoms with van der Waals surface area (Å²) < 4.78 is 2.62. The standard InChI is InChI=1S/C14H16BrN3O2/c1-9(10-5-3-4-6-12(10)15)16-8-13-11(14(19)20)7-17-18(13)2/h3-7,9,16H,8H2,1-2H3,(H,19,20)/t9-/m0/s1. The Labute approximate surface area is 125 Å². The van der Waals surface area contributed by atoms with Crippen LogP contribution in [0.1, 0.15) is 34.6 Å². The van der Waals surface area contributed by atoms with E-state index in [1.54, 1.807) is 11.7 Å². The van der Waals surface area contributed by atoms with E-state index in [2.05, 4.69) is 26.3 Å². The van der Waals surface area contributed by atoms with Gasteiger partial charge in [0.25, 0.3) is 0 Å². The lowest BCUT2D eigenvalue weighted by atomic mass is 10.1. The second-order valence-corrected chi connectivity index (χ2v) is 5.41. The Morgan fingerprint density at radius 1 is 1.50 bits per heavy atom. The van der Waals surface area contributed by atoms with Crippen LogP contribution in [0.4, 0.5) is 0 Å². The lowest BCUT2D eigenvalue weighted by molar-refractivity contribution is 0.0695. The minimum atomic E-state index is -0.955. The number of rotatable bonds is 5. The maximum absolute atomic E-state index is 11.1. The van der Waals surface area contributed by atoms with Crippen LogP contribution in [0.15, 0.2) is 34.9 Å². The molecule has 6 heteroatoms. The van der Waals surface area contributed by atoms with Crippen molar-refractivity contribution in [2.24, 2.45) is 7.05 Å². The molecule has 106 valence electrons. The van der Waals surface area contributed by atoms with Crippen molar-refractivity contribution in [3.05, 3.63) is 51.8 Å². The van der Waals surface area contributed by atoms with Crippen LogP contribution in [-0.4, -0.2) is 20.9 Å². The van der Waals surface area contributed by atoms with Crippen molar-refractivity contribution in [1.82, 2.24) is 15.1 Å². The lowest BCUT2D eigenvalue weighted by Gasteiger charge is -2.16. The zero-order valence-electron chi connectivity index (χ0n) is 11.3. The fourth-order valence-electron chi connectivity index (χ4n) is 2.04. The molecule has 0 aliphatic carbocycles. The molecule has 1 aromatic carbocycles. The van der Waals surface area contributed by atoms with Crippen LogP contribution < -0.4 is 5.32 Å². The molecule has 1 atom stereocenters. The van der Waals surface area contributed by atoms with E-state index in [0.29, 0.717) is 12.2 Å². The predicted octanol–water partition coefficient (Wildman–Crippen LogP) is 2.73. The van der Waals surface area contributed by atoms with E-state index >= 15 is 0 Å². The maximum atomic E-state index is 11.1. The van der Waals surface area contributed by atoms with Gasteiger partial charge in [-0.05, 0) is 18.6 Å². The molecule has 2 N–H and O–H groups in total. The van der Waals surface area contributed by atoms with Crippen LogP contribution in [0.5, 0.6) is 0 Å². The van der Waals surface area contributed by atoms with E-state index < -0.39 is 5.97 Å². The monoisotopic (exact) mass is 337 g/mol. The summed E-state index contributed by atoms with van der Waals surface area (Å²) in [6.07, 6.45) is 1.38. The third kappa shape index (κ3) is 3.08. The summed E-state index contributed by atoms with van der Waals surface area (Å²) in [6.45, 7) is 2.48. The number of carboxylic acids is 1. The second kappa shape index (κ2) is 6.19. The highest BCUT2D eigenvalue weighted by atomic mass is 79.9. The summed E-state index contributed by atoms with van der Waals surface area (Å²) >= 11 is 3.52. The van der Waals surface area contributed by atoms with Gasteiger partial charge in [0, 0.05) is 24.1 Å². The van der Waals surface area contributed by atoms with Gasteiger partial charge >= 0.3 is 5.97 Å². The second-order valence-electron chi connectivity index (χ2n) is 4.56. The predicted molar refractivity (Wildman–Crippen MR) is 79.6 cm³/mol. The number of aryl methyl sites for hydroxylation is 1. The van der Waals surface area contributed by atoms with Crippen molar-refractivity contribution >= 4 is 21.9 Å². The number of carboxylic acid groups (broad SMARTS) is 1. The number of aromatic carboxylic acids is 1. The molecule has 0 unspecified atom stereocenters. The molecule has 2 rings (SSSR count). The molecule has 0 saturated heterocycles. The Morgan fingerprint density at radius 3 is 2.85 bits per heavy atom. The quantitative estimate of drug-likeness (QED) is 0.880. The molecule has 0 amide bonds. The average Bonchev–Trinajstić information content (AvgIpc) is 2.78. The number of carbonyl (C=O) groups is 1. The first-order chi connectivity index (χ1) is 9.50. The van der Waals surface area contributed by atoms with E-state index in [-0.39, 0.29) is 11.6 Å². The fraction of sp³-hybridized carbons (Fsp3) is 0.286. The topological polar surface area (TPSA) is 67.2 Å². The largest absolute Gasteiger partial charge is 0.478 e. The molecule has 1 aromatic heterocycles. The highest BCUT2D eigenvalue weighted by Crippen LogP contribution is 2.23. The molecule has 0 spiro atoms. The molecule has 0 aliphatic rings. The van der Waals surface area contributed by atoms with E-state index in [4.69, 9.17) is 5.11 Å². The number of nitrogens with zero attached hydrogens (tertiary/aromatic N) is 2. The van der Waals surface area contributed by atoms with Gasteiger partial charge in [-0.25, -0.2) is 4.79 Å². The van der Waals surface area contributed by atoms with Crippen LogP contribution in [-0.2, 0) is 13.6 Å². The fourth-order valence-corrected chi connectivity index (χ4v) is 2.67. The van der Waals surface area contributed by atoms with Crippen LogP contribution >= 0.6 is 15.9 Å².